The zero-order chi connectivity index (χ0) is 20.1. The number of hydrogen-bond acceptors (Lipinski definition) is 5. The van der Waals surface area contributed by atoms with Gasteiger partial charge < -0.3 is 14.5 Å². The number of piperazine rings is 1. The third-order valence-corrected chi connectivity index (χ3v) is 6.01. The summed E-state index contributed by atoms with van der Waals surface area (Å²) >= 11 is 5.78. The largest absolute Gasteiger partial charge is 0.492 e. The second-order valence-electron chi connectivity index (χ2n) is 6.24. The fourth-order valence-corrected chi connectivity index (χ4v) is 4.10. The number of nitrogens with one attached hydrogen (secondary N) is 1. The Hall–Kier alpha value is -2.45. The van der Waals surface area contributed by atoms with Crippen molar-refractivity contribution in [2.24, 2.45) is 0 Å². The highest BCUT2D eigenvalue weighted by molar-refractivity contribution is 7.90. The number of amides is 2. The second kappa shape index (κ2) is 8.70. The first-order valence-electron chi connectivity index (χ1n) is 8.95. The van der Waals surface area contributed by atoms with Crippen molar-refractivity contribution in [1.82, 2.24) is 9.62 Å². The maximum absolute atomic E-state index is 12.4. The fourth-order valence-electron chi connectivity index (χ4n) is 3.00. The molecule has 0 atom stereocenters. The van der Waals surface area contributed by atoms with Gasteiger partial charge in [0.25, 0.3) is 10.0 Å². The summed E-state index contributed by atoms with van der Waals surface area (Å²) in [6.45, 7) is 4.48. The van der Waals surface area contributed by atoms with Crippen LogP contribution in [-0.2, 0) is 10.0 Å². The molecule has 0 bridgehead atoms. The molecule has 2 aromatic carbocycles. The lowest BCUT2D eigenvalue weighted by Crippen LogP contribution is -2.52. The van der Waals surface area contributed by atoms with Gasteiger partial charge in [-0.3, -0.25) is 0 Å². The van der Waals surface area contributed by atoms with Crippen molar-refractivity contribution < 1.29 is 17.9 Å². The van der Waals surface area contributed by atoms with Crippen molar-refractivity contribution in [2.45, 2.75) is 11.8 Å². The number of hydrogen-bond donors (Lipinski definition) is 1. The molecular weight excluding hydrogens is 402 g/mol. The van der Waals surface area contributed by atoms with E-state index in [1.165, 1.54) is 29.2 Å². The van der Waals surface area contributed by atoms with E-state index in [4.69, 9.17) is 16.3 Å². The molecular formula is C19H22ClN3O4S. The van der Waals surface area contributed by atoms with Crippen LogP contribution in [0.25, 0.3) is 0 Å². The van der Waals surface area contributed by atoms with Crippen molar-refractivity contribution >= 4 is 33.3 Å². The minimum absolute atomic E-state index is 0.00507. The normalized spacial score (nSPS) is 14.6. The first kappa shape index (κ1) is 20.3. The summed E-state index contributed by atoms with van der Waals surface area (Å²) in [7, 11) is -3.94. The summed E-state index contributed by atoms with van der Waals surface area (Å²) in [6, 6.07) is 12.8. The number of urea groups is 1. The number of sulfonamides is 1. The van der Waals surface area contributed by atoms with E-state index < -0.39 is 16.1 Å². The highest BCUT2D eigenvalue weighted by atomic mass is 35.5. The standard InChI is InChI=1S/C19H22ClN3O4S/c1-2-27-18-6-4-3-5-17(18)22-11-13-23(14-12-22)19(24)21-28(25,26)16-9-7-15(20)8-10-16/h3-10H,2,11-14H2,1H3,(H,21,24). The molecule has 0 aliphatic carbocycles. The Morgan fingerprint density at radius 3 is 2.36 bits per heavy atom. The van der Waals surface area contributed by atoms with Gasteiger partial charge in [0.05, 0.1) is 17.2 Å². The molecule has 1 N–H and O–H groups in total. The number of rotatable bonds is 5. The van der Waals surface area contributed by atoms with E-state index in [0.717, 1.165) is 11.4 Å². The van der Waals surface area contributed by atoms with Crippen LogP contribution in [0.5, 0.6) is 5.75 Å². The molecule has 0 radical (unpaired) electrons. The van der Waals surface area contributed by atoms with Crippen LogP contribution in [0.3, 0.4) is 0 Å². The summed E-state index contributed by atoms with van der Waals surface area (Å²) in [5, 5.41) is 0.425. The molecule has 2 amide bonds. The van der Waals surface area contributed by atoms with Crippen molar-refractivity contribution in [1.29, 1.82) is 0 Å². The van der Waals surface area contributed by atoms with E-state index in [9.17, 15) is 13.2 Å². The number of carbonyl (C=O) groups is 1. The van der Waals surface area contributed by atoms with Gasteiger partial charge in [-0.15, -0.1) is 0 Å². The third kappa shape index (κ3) is 4.69. The number of halogens is 1. The zero-order valence-corrected chi connectivity index (χ0v) is 17.0. The molecule has 9 heteroatoms. The second-order valence-corrected chi connectivity index (χ2v) is 8.36. The summed E-state index contributed by atoms with van der Waals surface area (Å²) in [5.74, 6) is 0.799. The molecule has 1 fully saturated rings. The molecule has 0 unspecified atom stereocenters. The van der Waals surface area contributed by atoms with Crippen molar-refractivity contribution in [2.75, 3.05) is 37.7 Å². The van der Waals surface area contributed by atoms with Crippen LogP contribution < -0.4 is 14.4 Å². The van der Waals surface area contributed by atoms with Crippen LogP contribution in [0.4, 0.5) is 10.5 Å². The highest BCUT2D eigenvalue weighted by Crippen LogP contribution is 2.28. The van der Waals surface area contributed by atoms with Gasteiger partial charge in [0.1, 0.15) is 5.75 Å². The molecule has 0 aromatic heterocycles. The predicted molar refractivity (Wildman–Crippen MR) is 109 cm³/mol. The van der Waals surface area contributed by atoms with Crippen molar-refractivity contribution in [3.8, 4) is 5.75 Å². The molecule has 150 valence electrons. The van der Waals surface area contributed by atoms with E-state index >= 15 is 0 Å². The lowest BCUT2D eigenvalue weighted by atomic mass is 10.2. The van der Waals surface area contributed by atoms with Gasteiger partial charge in [0, 0.05) is 31.2 Å². The van der Waals surface area contributed by atoms with Crippen LogP contribution in [0.15, 0.2) is 53.4 Å². The molecule has 0 saturated carbocycles. The Morgan fingerprint density at radius 1 is 1.07 bits per heavy atom. The van der Waals surface area contributed by atoms with Crippen LogP contribution in [0.2, 0.25) is 5.02 Å². The van der Waals surface area contributed by atoms with E-state index in [-0.39, 0.29) is 4.90 Å². The van der Waals surface area contributed by atoms with Gasteiger partial charge in [-0.05, 0) is 43.3 Å². The maximum Gasteiger partial charge on any atom is 0.331 e. The van der Waals surface area contributed by atoms with Crippen LogP contribution in [0, 0.1) is 0 Å². The summed E-state index contributed by atoms with van der Waals surface area (Å²) in [6.07, 6.45) is 0. The smallest absolute Gasteiger partial charge is 0.331 e. The van der Waals surface area contributed by atoms with E-state index in [0.29, 0.717) is 37.8 Å². The first-order chi connectivity index (χ1) is 13.4. The monoisotopic (exact) mass is 423 g/mol. The average molecular weight is 424 g/mol. The molecule has 7 nitrogen and oxygen atoms in total. The SMILES string of the molecule is CCOc1ccccc1N1CCN(C(=O)NS(=O)(=O)c2ccc(Cl)cc2)CC1. The molecule has 1 saturated heterocycles. The van der Waals surface area contributed by atoms with E-state index in [2.05, 4.69) is 9.62 Å². The zero-order valence-electron chi connectivity index (χ0n) is 15.5. The lowest BCUT2D eigenvalue weighted by Gasteiger charge is -2.36. The molecule has 1 aliphatic rings. The van der Waals surface area contributed by atoms with Crippen LogP contribution in [0.1, 0.15) is 6.92 Å². The topological polar surface area (TPSA) is 79.0 Å². The molecule has 0 spiro atoms. The van der Waals surface area contributed by atoms with E-state index in [1.807, 2.05) is 31.2 Å². The first-order valence-corrected chi connectivity index (χ1v) is 10.8. The average Bonchev–Trinajstić information content (AvgIpc) is 2.69. The highest BCUT2D eigenvalue weighted by Gasteiger charge is 2.26. The van der Waals surface area contributed by atoms with Gasteiger partial charge in [-0.2, -0.15) is 0 Å². The number of anilines is 1. The lowest BCUT2D eigenvalue weighted by molar-refractivity contribution is 0.200. The summed E-state index contributed by atoms with van der Waals surface area (Å²) < 4.78 is 32.5. The van der Waals surface area contributed by atoms with Gasteiger partial charge in [-0.25, -0.2) is 17.9 Å². The van der Waals surface area contributed by atoms with Gasteiger partial charge >= 0.3 is 6.03 Å². The van der Waals surface area contributed by atoms with Crippen LogP contribution in [-0.4, -0.2) is 52.1 Å². The Bertz CT molecular complexity index is 926. The van der Waals surface area contributed by atoms with Crippen molar-refractivity contribution in [3.05, 3.63) is 53.6 Å². The van der Waals surface area contributed by atoms with Gasteiger partial charge in [0.15, 0.2) is 0 Å². The summed E-state index contributed by atoms with van der Waals surface area (Å²) in [5.41, 5.74) is 0.971. The number of ether oxygens (including phenoxy) is 1. The maximum atomic E-state index is 12.4. The summed E-state index contributed by atoms with van der Waals surface area (Å²) in [4.78, 5) is 16.0. The number of benzene rings is 2. The minimum Gasteiger partial charge on any atom is -0.492 e. The van der Waals surface area contributed by atoms with Gasteiger partial charge in [0.2, 0.25) is 0 Å². The third-order valence-electron chi connectivity index (χ3n) is 4.42. The molecule has 3 rings (SSSR count). The number of para-hydroxylation sites is 2. The number of nitrogens with zero attached hydrogens (tertiary/aromatic N) is 2. The van der Waals surface area contributed by atoms with Gasteiger partial charge in [-0.1, -0.05) is 23.7 Å². The molecule has 1 heterocycles. The fraction of sp³-hybridized carbons (Fsp3) is 0.316. The Labute approximate surface area is 169 Å². The Morgan fingerprint density at radius 2 is 1.71 bits per heavy atom. The Kier molecular flexibility index (Phi) is 6.31. The molecule has 2 aromatic rings. The molecule has 1 aliphatic heterocycles. The Balaban J connectivity index is 1.62. The van der Waals surface area contributed by atoms with E-state index in [1.54, 1.807) is 0 Å². The minimum atomic E-state index is -3.94. The quantitative estimate of drug-likeness (QED) is 0.799. The van der Waals surface area contributed by atoms with Crippen LogP contribution >= 0.6 is 11.6 Å². The predicted octanol–water partition coefficient (Wildman–Crippen LogP) is 2.96. The number of carbonyl (C=O) groups excluding carboxylic acids is 1. The molecule has 28 heavy (non-hydrogen) atoms. The van der Waals surface area contributed by atoms with Crippen molar-refractivity contribution in [3.63, 3.8) is 0 Å².